The minimum atomic E-state index is -4.54. The fourth-order valence-electron chi connectivity index (χ4n) is 0.592. The number of aliphatic hydroxyl groups is 1. The third-order valence-corrected chi connectivity index (χ3v) is 2.82. The van der Waals surface area contributed by atoms with Crippen molar-refractivity contribution in [3.63, 3.8) is 0 Å². The monoisotopic (exact) mass is 204 g/mol. The van der Waals surface area contributed by atoms with E-state index >= 15 is 0 Å². The average Bonchev–Trinajstić information content (AvgIpc) is 1.82. The van der Waals surface area contributed by atoms with Crippen LogP contribution in [-0.4, -0.2) is 23.5 Å². The van der Waals surface area contributed by atoms with Gasteiger partial charge in [-0.05, 0) is 11.8 Å². The molecule has 2 atom stereocenters. The molecule has 0 fully saturated rings. The van der Waals surface area contributed by atoms with Gasteiger partial charge in [-0.2, -0.15) is 0 Å². The van der Waals surface area contributed by atoms with Crippen LogP contribution >= 0.6 is 0 Å². The summed E-state index contributed by atoms with van der Waals surface area (Å²) in [6.45, 7) is 5.03. The quantitative estimate of drug-likeness (QED) is 0.396. The largest absolute Gasteiger partial charge is 1.00 e. The Kier molecular flexibility index (Phi) is 7.12. The molecule has 12 heavy (non-hydrogen) atoms. The summed E-state index contributed by atoms with van der Waals surface area (Å²) in [6, 6.07) is 0. The predicted molar refractivity (Wildman–Crippen MR) is 39.7 cm³/mol. The molecule has 0 aliphatic rings. The van der Waals surface area contributed by atoms with E-state index in [4.69, 9.17) is 5.11 Å². The van der Waals surface area contributed by atoms with Gasteiger partial charge in [-0.1, -0.05) is 20.8 Å². The number of rotatable bonds is 3. The van der Waals surface area contributed by atoms with Crippen molar-refractivity contribution in [2.75, 3.05) is 0 Å². The molecule has 2 unspecified atom stereocenters. The van der Waals surface area contributed by atoms with Gasteiger partial charge in [0.1, 0.15) is 15.6 Å². The fourth-order valence-corrected chi connectivity index (χ4v) is 1.43. The van der Waals surface area contributed by atoms with E-state index in [9.17, 15) is 13.0 Å². The molecular weight excluding hydrogens is 191 g/mol. The second-order valence-electron chi connectivity index (χ2n) is 2.99. The Labute approximate surface area is 95.4 Å². The molecule has 6 heteroatoms. The molecule has 0 rings (SSSR count). The number of hydrogen-bond acceptors (Lipinski definition) is 4. The summed E-state index contributed by atoms with van der Waals surface area (Å²) in [7, 11) is -4.54. The Balaban J connectivity index is 0. The van der Waals surface area contributed by atoms with Crippen molar-refractivity contribution in [1.29, 1.82) is 0 Å². The molecule has 0 aromatic rings. The van der Waals surface area contributed by atoms with Gasteiger partial charge < -0.3 is 9.66 Å². The second kappa shape index (κ2) is 5.57. The Morgan fingerprint density at radius 1 is 1.25 bits per heavy atom. The number of hydrogen-bond donors (Lipinski definition) is 1. The van der Waals surface area contributed by atoms with Crippen molar-refractivity contribution < 1.29 is 47.6 Å². The fraction of sp³-hybridized carbons (Fsp3) is 1.00. The van der Waals surface area contributed by atoms with Crippen molar-refractivity contribution >= 4 is 10.1 Å². The zero-order valence-electron chi connectivity index (χ0n) is 7.81. The molecule has 0 amide bonds. The molecule has 0 bridgehead atoms. The van der Waals surface area contributed by atoms with Gasteiger partial charge in [-0.25, -0.2) is 8.42 Å². The van der Waals surface area contributed by atoms with E-state index < -0.39 is 21.5 Å². The van der Waals surface area contributed by atoms with Gasteiger partial charge in [0.25, 0.3) is 0 Å². The van der Waals surface area contributed by atoms with Crippen LogP contribution in [0.25, 0.3) is 0 Å². The summed E-state index contributed by atoms with van der Waals surface area (Å²) >= 11 is 0. The maximum absolute atomic E-state index is 10.3. The van der Waals surface area contributed by atoms with Crippen LogP contribution in [0.5, 0.6) is 0 Å². The topological polar surface area (TPSA) is 77.4 Å². The zero-order valence-corrected chi connectivity index (χ0v) is 10.6. The Morgan fingerprint density at radius 2 is 1.58 bits per heavy atom. The molecule has 0 saturated heterocycles. The maximum atomic E-state index is 10.3. The molecule has 0 aromatic heterocycles. The van der Waals surface area contributed by atoms with Gasteiger partial charge in [0.05, 0.1) is 0 Å². The third-order valence-electron chi connectivity index (χ3n) is 1.80. The first-order chi connectivity index (χ1) is 4.76. The summed E-state index contributed by atoms with van der Waals surface area (Å²) in [5, 5.41) is 8.92. The van der Waals surface area contributed by atoms with E-state index in [0.29, 0.717) is 0 Å². The molecule has 0 aliphatic heterocycles. The molecule has 0 aliphatic carbocycles. The van der Waals surface area contributed by atoms with Crippen LogP contribution < -0.4 is 29.6 Å². The van der Waals surface area contributed by atoms with Crippen molar-refractivity contribution in [3.8, 4) is 0 Å². The summed E-state index contributed by atoms with van der Waals surface area (Å²) < 4.78 is 30.8. The van der Waals surface area contributed by atoms with Crippen LogP contribution in [0.3, 0.4) is 0 Å². The second-order valence-corrected chi connectivity index (χ2v) is 4.46. The normalized spacial score (nSPS) is 16.8. The van der Waals surface area contributed by atoms with Gasteiger partial charge in [0.2, 0.25) is 0 Å². The summed E-state index contributed by atoms with van der Waals surface area (Å²) in [5.74, 6) is -0.536. The SMILES string of the molecule is CC(C)C(C)C(O)S(=O)(=O)[O-].[Na+]. The third kappa shape index (κ3) is 4.79. The van der Waals surface area contributed by atoms with Crippen molar-refractivity contribution in [2.45, 2.75) is 26.2 Å². The number of aliphatic hydroxyl groups excluding tert-OH is 1. The maximum Gasteiger partial charge on any atom is 1.00 e. The first-order valence-corrected chi connectivity index (χ1v) is 4.86. The minimum Gasteiger partial charge on any atom is -0.746 e. The van der Waals surface area contributed by atoms with E-state index in [-0.39, 0.29) is 35.5 Å². The first kappa shape index (κ1) is 15.3. The van der Waals surface area contributed by atoms with E-state index in [1.54, 1.807) is 13.8 Å². The molecule has 1 N–H and O–H groups in total. The molecule has 0 aromatic carbocycles. The Hall–Kier alpha value is 0.870. The molecule has 0 radical (unpaired) electrons. The van der Waals surface area contributed by atoms with Gasteiger partial charge in [-0.15, -0.1) is 0 Å². The Morgan fingerprint density at radius 3 is 1.67 bits per heavy atom. The summed E-state index contributed by atoms with van der Waals surface area (Å²) in [5.41, 5.74) is -1.78. The molecule has 0 heterocycles. The van der Waals surface area contributed by atoms with E-state index in [1.165, 1.54) is 6.92 Å². The van der Waals surface area contributed by atoms with Gasteiger partial charge in [0.15, 0.2) is 0 Å². The van der Waals surface area contributed by atoms with E-state index in [0.717, 1.165) is 0 Å². The first-order valence-electron chi connectivity index (χ1n) is 3.39. The molecule has 4 nitrogen and oxygen atoms in total. The van der Waals surface area contributed by atoms with Crippen LogP contribution in [0.15, 0.2) is 0 Å². The van der Waals surface area contributed by atoms with Crippen LogP contribution in [-0.2, 0) is 10.1 Å². The minimum absolute atomic E-state index is 0. The van der Waals surface area contributed by atoms with Crippen molar-refractivity contribution in [3.05, 3.63) is 0 Å². The van der Waals surface area contributed by atoms with Crippen LogP contribution in [0.2, 0.25) is 0 Å². The molecule has 0 spiro atoms. The summed E-state index contributed by atoms with van der Waals surface area (Å²) in [4.78, 5) is 0. The zero-order chi connectivity index (χ0) is 9.23. The van der Waals surface area contributed by atoms with Crippen molar-refractivity contribution in [1.82, 2.24) is 0 Å². The van der Waals surface area contributed by atoms with Crippen LogP contribution in [0, 0.1) is 11.8 Å². The Bertz CT molecular complexity index is 212. The standard InChI is InChI=1S/C6H14O4S.Na/c1-4(2)5(3)6(7)11(8,9)10;/h4-7H,1-3H3,(H,8,9,10);/q;+1/p-1. The predicted octanol–water partition coefficient (Wildman–Crippen LogP) is -2.85. The van der Waals surface area contributed by atoms with Crippen LogP contribution in [0.4, 0.5) is 0 Å². The van der Waals surface area contributed by atoms with Gasteiger partial charge in [0, 0.05) is 0 Å². The molecular formula is C6H13NaO4S. The van der Waals surface area contributed by atoms with E-state index in [2.05, 4.69) is 0 Å². The van der Waals surface area contributed by atoms with Crippen LogP contribution in [0.1, 0.15) is 20.8 Å². The molecule has 68 valence electrons. The van der Waals surface area contributed by atoms with Gasteiger partial charge in [-0.3, -0.25) is 0 Å². The summed E-state index contributed by atoms with van der Waals surface area (Å²) in [6.07, 6.45) is 0. The average molecular weight is 204 g/mol. The smallest absolute Gasteiger partial charge is 0.746 e. The van der Waals surface area contributed by atoms with E-state index in [1.807, 2.05) is 0 Å². The van der Waals surface area contributed by atoms with Gasteiger partial charge >= 0.3 is 29.6 Å². The molecule has 0 saturated carbocycles. The van der Waals surface area contributed by atoms with Crippen molar-refractivity contribution in [2.24, 2.45) is 11.8 Å².